The number of benzene rings is 1. The number of hydrogen-bond donors (Lipinski definition) is 0. The fourth-order valence-corrected chi connectivity index (χ4v) is 3.41. The monoisotopic (exact) mass is 314 g/mol. The minimum absolute atomic E-state index is 0.741. The van der Waals surface area contributed by atoms with Crippen molar-refractivity contribution >= 4 is 28.5 Å². The predicted octanol–water partition coefficient (Wildman–Crippen LogP) is 2.91. The van der Waals surface area contributed by atoms with Crippen molar-refractivity contribution in [3.8, 4) is 0 Å². The molecular weight excluding hydrogens is 296 g/mol. The molecule has 3 heterocycles. The van der Waals surface area contributed by atoms with Crippen LogP contribution >= 0.6 is 11.3 Å². The molecule has 1 fully saturated rings. The lowest BCUT2D eigenvalue weighted by Crippen LogP contribution is -2.46. The lowest BCUT2D eigenvalue weighted by molar-refractivity contribution is 0.243. The number of aromatic nitrogens is 2. The van der Waals surface area contributed by atoms with Crippen molar-refractivity contribution in [2.24, 2.45) is 0 Å². The van der Waals surface area contributed by atoms with Crippen LogP contribution in [0, 0.1) is 6.92 Å². The van der Waals surface area contributed by atoms with Crippen molar-refractivity contribution in [3.63, 3.8) is 0 Å². The number of rotatable bonds is 3. The third-order valence-electron chi connectivity index (χ3n) is 3.98. The second-order valence-electron chi connectivity index (χ2n) is 5.59. The summed E-state index contributed by atoms with van der Waals surface area (Å²) in [5, 5.41) is 3.29. The summed E-state index contributed by atoms with van der Waals surface area (Å²) in [5.41, 5.74) is 2.97. The summed E-state index contributed by atoms with van der Waals surface area (Å²) in [6, 6.07) is 8.66. The Hall–Kier alpha value is -1.92. The quantitative estimate of drug-likeness (QED) is 0.744. The van der Waals surface area contributed by atoms with Crippen LogP contribution in [0.1, 0.15) is 10.7 Å². The minimum atomic E-state index is 0.741. The zero-order valence-electron chi connectivity index (χ0n) is 12.5. The molecule has 0 aliphatic carbocycles. The molecule has 1 aliphatic heterocycles. The van der Waals surface area contributed by atoms with Crippen LogP contribution in [0.4, 0.5) is 6.01 Å². The normalized spacial score (nSPS) is 16.5. The van der Waals surface area contributed by atoms with Gasteiger partial charge in [-0.2, -0.15) is 4.98 Å². The van der Waals surface area contributed by atoms with Crippen molar-refractivity contribution in [1.82, 2.24) is 14.9 Å². The van der Waals surface area contributed by atoms with Gasteiger partial charge in [0.2, 0.25) is 0 Å². The van der Waals surface area contributed by atoms with Crippen molar-refractivity contribution in [2.75, 3.05) is 31.1 Å². The Morgan fingerprint density at radius 3 is 2.68 bits per heavy atom. The number of para-hydroxylation sites is 2. The number of aryl methyl sites for hydroxylation is 1. The molecule has 2 aromatic heterocycles. The number of anilines is 1. The topological polar surface area (TPSA) is 45.4 Å². The first-order valence-corrected chi connectivity index (χ1v) is 8.40. The number of oxazole rings is 1. The van der Waals surface area contributed by atoms with E-state index in [0.717, 1.165) is 54.8 Å². The van der Waals surface area contributed by atoms with E-state index >= 15 is 0 Å². The molecule has 0 spiro atoms. The van der Waals surface area contributed by atoms with E-state index in [4.69, 9.17) is 4.42 Å². The summed E-state index contributed by atoms with van der Waals surface area (Å²) >= 11 is 1.72. The first-order chi connectivity index (χ1) is 10.8. The third-order valence-corrected chi connectivity index (χ3v) is 4.80. The number of hydrogen-bond acceptors (Lipinski definition) is 6. The van der Waals surface area contributed by atoms with E-state index in [0.29, 0.717) is 0 Å². The lowest BCUT2D eigenvalue weighted by Gasteiger charge is -2.33. The van der Waals surface area contributed by atoms with Gasteiger partial charge >= 0.3 is 0 Å². The number of fused-ring (bicyclic) bond motifs is 1. The van der Waals surface area contributed by atoms with E-state index in [2.05, 4.69) is 32.1 Å². The second-order valence-corrected chi connectivity index (χ2v) is 6.65. The summed E-state index contributed by atoms with van der Waals surface area (Å²) < 4.78 is 5.85. The highest BCUT2D eigenvalue weighted by molar-refractivity contribution is 7.09. The Kier molecular flexibility index (Phi) is 3.56. The zero-order valence-corrected chi connectivity index (χ0v) is 13.3. The van der Waals surface area contributed by atoms with Crippen LogP contribution in [0.3, 0.4) is 0 Å². The first-order valence-electron chi connectivity index (χ1n) is 7.52. The summed E-state index contributed by atoms with van der Waals surface area (Å²) in [6.07, 6.45) is 0. The third kappa shape index (κ3) is 2.71. The number of nitrogens with zero attached hydrogens (tertiary/aromatic N) is 4. The molecular formula is C16H18N4OS. The Morgan fingerprint density at radius 1 is 1.14 bits per heavy atom. The molecule has 22 heavy (non-hydrogen) atoms. The van der Waals surface area contributed by atoms with Crippen LogP contribution in [-0.2, 0) is 6.54 Å². The molecule has 1 aromatic carbocycles. The van der Waals surface area contributed by atoms with Crippen molar-refractivity contribution in [1.29, 1.82) is 0 Å². The van der Waals surface area contributed by atoms with Gasteiger partial charge in [-0.15, -0.1) is 11.3 Å². The average Bonchev–Trinajstić information content (AvgIpc) is 3.14. The minimum Gasteiger partial charge on any atom is -0.423 e. The van der Waals surface area contributed by atoms with Gasteiger partial charge < -0.3 is 9.32 Å². The van der Waals surface area contributed by atoms with E-state index in [-0.39, 0.29) is 0 Å². The molecule has 0 atom stereocenters. The maximum atomic E-state index is 5.85. The van der Waals surface area contributed by atoms with Crippen LogP contribution in [0.5, 0.6) is 0 Å². The van der Waals surface area contributed by atoms with Crippen LogP contribution in [0.25, 0.3) is 11.1 Å². The highest BCUT2D eigenvalue weighted by atomic mass is 32.1. The summed E-state index contributed by atoms with van der Waals surface area (Å²) in [6.45, 7) is 6.89. The van der Waals surface area contributed by atoms with Crippen LogP contribution in [-0.4, -0.2) is 41.0 Å². The summed E-state index contributed by atoms with van der Waals surface area (Å²) in [7, 11) is 0. The standard InChI is InChI=1S/C16H18N4OS/c1-12-17-13(11-22-12)10-19-6-8-20(9-7-19)16-18-14-4-2-3-5-15(14)21-16/h2-5,11H,6-10H2,1H3. The maximum absolute atomic E-state index is 5.85. The van der Waals surface area contributed by atoms with Gasteiger partial charge in [-0.3, -0.25) is 4.90 Å². The molecule has 114 valence electrons. The van der Waals surface area contributed by atoms with Crippen LogP contribution < -0.4 is 4.90 Å². The molecule has 0 amide bonds. The average molecular weight is 314 g/mol. The van der Waals surface area contributed by atoms with Crippen molar-refractivity contribution < 1.29 is 4.42 Å². The van der Waals surface area contributed by atoms with Gasteiger partial charge in [0.1, 0.15) is 5.52 Å². The highest BCUT2D eigenvalue weighted by Gasteiger charge is 2.21. The number of piperazine rings is 1. The predicted molar refractivity (Wildman–Crippen MR) is 88.4 cm³/mol. The molecule has 1 aliphatic rings. The lowest BCUT2D eigenvalue weighted by atomic mass is 10.3. The largest absolute Gasteiger partial charge is 0.423 e. The molecule has 0 N–H and O–H groups in total. The molecule has 0 saturated carbocycles. The summed E-state index contributed by atoms with van der Waals surface area (Å²) in [4.78, 5) is 13.8. The van der Waals surface area contributed by atoms with Gasteiger partial charge in [0, 0.05) is 38.1 Å². The van der Waals surface area contributed by atoms with Crippen LogP contribution in [0.2, 0.25) is 0 Å². The van der Waals surface area contributed by atoms with Gasteiger partial charge in [-0.05, 0) is 19.1 Å². The van der Waals surface area contributed by atoms with Gasteiger partial charge in [-0.1, -0.05) is 12.1 Å². The van der Waals surface area contributed by atoms with E-state index in [1.165, 1.54) is 5.69 Å². The SMILES string of the molecule is Cc1nc(CN2CCN(c3nc4ccccc4o3)CC2)cs1. The molecule has 0 unspecified atom stereocenters. The Morgan fingerprint density at radius 2 is 1.95 bits per heavy atom. The van der Waals surface area contributed by atoms with Gasteiger partial charge in [0.15, 0.2) is 5.58 Å². The smallest absolute Gasteiger partial charge is 0.298 e. The molecule has 0 radical (unpaired) electrons. The van der Waals surface area contributed by atoms with Gasteiger partial charge in [-0.25, -0.2) is 4.98 Å². The Bertz CT molecular complexity index is 740. The maximum Gasteiger partial charge on any atom is 0.298 e. The fourth-order valence-electron chi connectivity index (χ4n) is 2.80. The first kappa shape index (κ1) is 13.7. The highest BCUT2D eigenvalue weighted by Crippen LogP contribution is 2.23. The molecule has 0 bridgehead atoms. The van der Waals surface area contributed by atoms with Gasteiger partial charge in [0.05, 0.1) is 10.7 Å². The molecule has 3 aromatic rings. The van der Waals surface area contributed by atoms with E-state index in [1.54, 1.807) is 11.3 Å². The zero-order chi connectivity index (χ0) is 14.9. The van der Waals surface area contributed by atoms with E-state index < -0.39 is 0 Å². The Labute approximate surface area is 133 Å². The van der Waals surface area contributed by atoms with E-state index in [1.807, 2.05) is 24.3 Å². The van der Waals surface area contributed by atoms with Crippen molar-refractivity contribution in [2.45, 2.75) is 13.5 Å². The van der Waals surface area contributed by atoms with E-state index in [9.17, 15) is 0 Å². The second kappa shape index (κ2) is 5.70. The van der Waals surface area contributed by atoms with Crippen molar-refractivity contribution in [3.05, 3.63) is 40.3 Å². The number of thiazole rings is 1. The summed E-state index contributed by atoms with van der Waals surface area (Å²) in [5.74, 6) is 0. The van der Waals surface area contributed by atoms with Gasteiger partial charge in [0.25, 0.3) is 6.01 Å². The molecule has 6 heteroatoms. The molecule has 4 rings (SSSR count). The molecule has 5 nitrogen and oxygen atoms in total. The Balaban J connectivity index is 1.40. The molecule has 1 saturated heterocycles. The fraction of sp³-hybridized carbons (Fsp3) is 0.375. The van der Waals surface area contributed by atoms with Crippen LogP contribution in [0.15, 0.2) is 34.1 Å².